The van der Waals surface area contributed by atoms with E-state index in [0.717, 1.165) is 5.56 Å². The van der Waals surface area contributed by atoms with Crippen molar-refractivity contribution in [3.8, 4) is 11.4 Å². The van der Waals surface area contributed by atoms with Crippen molar-refractivity contribution in [1.82, 2.24) is 19.6 Å². The number of nitrogens with one attached hydrogen (secondary N) is 2. The zero-order chi connectivity index (χ0) is 27.8. The predicted octanol–water partition coefficient (Wildman–Crippen LogP) is 5.15. The molecule has 1 aliphatic carbocycles. The molecule has 0 spiro atoms. The van der Waals surface area contributed by atoms with Gasteiger partial charge in [0.25, 0.3) is 10.0 Å². The summed E-state index contributed by atoms with van der Waals surface area (Å²) in [7, 11) is -4.16. The highest BCUT2D eigenvalue weighted by Crippen LogP contribution is 2.58. The topological polar surface area (TPSA) is 102 Å². The fourth-order valence-corrected chi connectivity index (χ4v) is 5.86. The molecule has 8 nitrogen and oxygen atoms in total. The lowest BCUT2D eigenvalue weighted by atomic mass is 10.1. The molecule has 1 saturated carbocycles. The monoisotopic (exact) mass is 556 g/mol. The Morgan fingerprint density at radius 3 is 2.36 bits per heavy atom. The number of amides is 2. The van der Waals surface area contributed by atoms with Crippen LogP contribution in [0.5, 0.6) is 5.75 Å². The normalized spacial score (nSPS) is 18.8. The Kier molecular flexibility index (Phi) is 6.59. The van der Waals surface area contributed by atoms with Gasteiger partial charge in [-0.3, -0.25) is 0 Å². The molecule has 2 amide bonds. The number of halogens is 3. The molecule has 5 rings (SSSR count). The van der Waals surface area contributed by atoms with Gasteiger partial charge in [-0.15, -0.1) is 13.2 Å². The minimum Gasteiger partial charge on any atom is -0.406 e. The van der Waals surface area contributed by atoms with Crippen molar-refractivity contribution in [1.29, 1.82) is 0 Å². The van der Waals surface area contributed by atoms with Crippen molar-refractivity contribution in [3.05, 3.63) is 108 Å². The molecule has 1 aromatic heterocycles. The summed E-state index contributed by atoms with van der Waals surface area (Å²) in [6.45, 7) is 1.63. The number of nitrogens with zero attached hydrogens (tertiary/aromatic N) is 2. The lowest BCUT2D eigenvalue weighted by Gasteiger charge is -2.22. The number of ether oxygens (including phenoxy) is 1. The molecule has 1 unspecified atom stereocenters. The molecule has 0 radical (unpaired) electrons. The summed E-state index contributed by atoms with van der Waals surface area (Å²) in [6, 6.07) is 19.9. The minimum atomic E-state index is -4.82. The van der Waals surface area contributed by atoms with Gasteiger partial charge in [0, 0.05) is 24.0 Å². The SMILES string of the molecule is Cc1ccccc1S(=O)(=O)NC(=O)N[C@@]1(c2nccn2-c2ccc(OC(F)(F)F)cc2)CC1c1ccccc1. The van der Waals surface area contributed by atoms with Gasteiger partial charge in [0.05, 0.1) is 4.90 Å². The number of hydrogen-bond donors (Lipinski definition) is 2. The molecular formula is C27H23F3N4O4S. The molecule has 3 aromatic carbocycles. The summed E-state index contributed by atoms with van der Waals surface area (Å²) in [4.78, 5) is 17.6. The Hall–Kier alpha value is -4.32. The van der Waals surface area contributed by atoms with E-state index in [1.165, 1.54) is 36.5 Å². The number of imidazole rings is 1. The summed E-state index contributed by atoms with van der Waals surface area (Å²) in [6.07, 6.45) is -1.29. The van der Waals surface area contributed by atoms with Crippen LogP contribution in [0.2, 0.25) is 0 Å². The Morgan fingerprint density at radius 1 is 1.03 bits per heavy atom. The van der Waals surface area contributed by atoms with Crippen LogP contribution in [0.4, 0.5) is 18.0 Å². The highest BCUT2D eigenvalue weighted by atomic mass is 32.2. The number of carbonyl (C=O) groups excluding carboxylic acids is 1. The first-order valence-electron chi connectivity index (χ1n) is 11.8. The van der Waals surface area contributed by atoms with E-state index >= 15 is 0 Å². The second kappa shape index (κ2) is 9.77. The number of aryl methyl sites for hydroxylation is 1. The maximum absolute atomic E-state index is 13.1. The number of aromatic nitrogens is 2. The minimum absolute atomic E-state index is 0.0210. The van der Waals surface area contributed by atoms with Crippen molar-refractivity contribution >= 4 is 16.1 Å². The number of carbonyl (C=O) groups is 1. The van der Waals surface area contributed by atoms with Crippen molar-refractivity contribution in [2.45, 2.75) is 36.1 Å². The van der Waals surface area contributed by atoms with Crippen LogP contribution in [0.1, 0.15) is 29.3 Å². The largest absolute Gasteiger partial charge is 0.573 e. The average Bonchev–Trinajstić information content (AvgIpc) is 3.36. The van der Waals surface area contributed by atoms with Crippen molar-refractivity contribution < 1.29 is 31.1 Å². The third kappa shape index (κ3) is 5.46. The standard InChI is InChI=1S/C27H23F3N4O4S/c1-18-7-5-6-10-23(18)39(36,37)33-25(35)32-26(17-22(26)19-8-3-2-4-9-19)24-31-15-16-34(24)20-11-13-21(14-12-20)38-27(28,29)30/h2-16,22H,17H2,1H3,(H2,32,33,35)/t22?,26-/m0/s1. The van der Waals surface area contributed by atoms with Gasteiger partial charge in [-0.1, -0.05) is 48.5 Å². The van der Waals surface area contributed by atoms with Crippen molar-refractivity contribution in [2.24, 2.45) is 0 Å². The number of rotatable bonds is 7. The summed E-state index contributed by atoms with van der Waals surface area (Å²) in [5, 5.41) is 2.83. The van der Waals surface area contributed by atoms with Gasteiger partial charge < -0.3 is 14.6 Å². The highest BCUT2D eigenvalue weighted by molar-refractivity contribution is 7.90. The van der Waals surface area contributed by atoms with Crippen LogP contribution in [0.15, 0.2) is 96.2 Å². The van der Waals surface area contributed by atoms with Crippen LogP contribution in [-0.4, -0.2) is 30.4 Å². The van der Waals surface area contributed by atoms with E-state index in [4.69, 9.17) is 0 Å². The first kappa shape index (κ1) is 26.3. The van der Waals surface area contributed by atoms with Crippen LogP contribution in [-0.2, 0) is 15.6 Å². The zero-order valence-corrected chi connectivity index (χ0v) is 21.3. The molecule has 0 aliphatic heterocycles. The summed E-state index contributed by atoms with van der Waals surface area (Å²) >= 11 is 0. The van der Waals surface area contributed by atoms with Gasteiger partial charge in [-0.2, -0.15) is 0 Å². The fourth-order valence-electron chi connectivity index (χ4n) is 4.71. The van der Waals surface area contributed by atoms with Gasteiger partial charge in [-0.05, 0) is 54.8 Å². The maximum atomic E-state index is 13.1. The Bertz CT molecular complexity index is 1610. The van der Waals surface area contributed by atoms with Crippen LogP contribution >= 0.6 is 0 Å². The van der Waals surface area contributed by atoms with Gasteiger partial charge in [0.2, 0.25) is 0 Å². The van der Waals surface area contributed by atoms with Crippen LogP contribution in [0.25, 0.3) is 5.69 Å². The Labute approximate surface area is 222 Å². The summed E-state index contributed by atoms with van der Waals surface area (Å²) < 4.78 is 71.3. The molecule has 1 aliphatic rings. The molecule has 2 N–H and O–H groups in total. The smallest absolute Gasteiger partial charge is 0.406 e. The molecule has 12 heteroatoms. The van der Waals surface area contributed by atoms with Gasteiger partial charge in [0.1, 0.15) is 17.1 Å². The molecule has 202 valence electrons. The highest BCUT2D eigenvalue weighted by Gasteiger charge is 2.60. The quantitative estimate of drug-likeness (QED) is 0.328. The lowest BCUT2D eigenvalue weighted by molar-refractivity contribution is -0.274. The Balaban J connectivity index is 1.47. The lowest BCUT2D eigenvalue weighted by Crippen LogP contribution is -2.46. The van der Waals surface area contributed by atoms with E-state index in [2.05, 4.69) is 19.8 Å². The molecule has 1 heterocycles. The second-order valence-electron chi connectivity index (χ2n) is 9.13. The van der Waals surface area contributed by atoms with E-state index in [1.807, 2.05) is 30.3 Å². The number of alkyl halides is 3. The first-order chi connectivity index (χ1) is 18.5. The summed E-state index contributed by atoms with van der Waals surface area (Å²) in [5.41, 5.74) is 0.777. The number of urea groups is 1. The van der Waals surface area contributed by atoms with Crippen LogP contribution in [0, 0.1) is 6.92 Å². The van der Waals surface area contributed by atoms with Crippen molar-refractivity contribution in [3.63, 3.8) is 0 Å². The molecule has 0 saturated heterocycles. The number of hydrogen-bond acceptors (Lipinski definition) is 5. The van der Waals surface area contributed by atoms with Crippen molar-refractivity contribution in [2.75, 3.05) is 0 Å². The van der Waals surface area contributed by atoms with E-state index in [1.54, 1.807) is 35.9 Å². The molecule has 0 bridgehead atoms. The van der Waals surface area contributed by atoms with E-state index in [-0.39, 0.29) is 16.6 Å². The molecular weight excluding hydrogens is 533 g/mol. The third-order valence-corrected chi connectivity index (χ3v) is 7.99. The van der Waals surface area contributed by atoms with E-state index in [0.29, 0.717) is 23.5 Å². The first-order valence-corrected chi connectivity index (χ1v) is 13.3. The second-order valence-corrected chi connectivity index (χ2v) is 10.8. The number of sulfonamides is 1. The van der Waals surface area contributed by atoms with Crippen LogP contribution in [0.3, 0.4) is 0 Å². The Morgan fingerprint density at radius 2 is 1.69 bits per heavy atom. The molecule has 2 atom stereocenters. The number of benzene rings is 3. The fraction of sp³-hybridized carbons (Fsp3) is 0.185. The van der Waals surface area contributed by atoms with E-state index < -0.39 is 28.0 Å². The third-order valence-electron chi connectivity index (χ3n) is 6.50. The van der Waals surface area contributed by atoms with Gasteiger partial charge in [-0.25, -0.2) is 22.9 Å². The molecule has 39 heavy (non-hydrogen) atoms. The summed E-state index contributed by atoms with van der Waals surface area (Å²) in [5.74, 6) is -0.223. The van der Waals surface area contributed by atoms with Gasteiger partial charge >= 0.3 is 12.4 Å². The maximum Gasteiger partial charge on any atom is 0.573 e. The molecule has 1 fully saturated rings. The van der Waals surface area contributed by atoms with Gasteiger partial charge in [0.15, 0.2) is 0 Å². The average molecular weight is 557 g/mol. The molecule has 4 aromatic rings. The zero-order valence-electron chi connectivity index (χ0n) is 20.5. The van der Waals surface area contributed by atoms with E-state index in [9.17, 15) is 26.4 Å². The predicted molar refractivity (Wildman–Crippen MR) is 136 cm³/mol. The van der Waals surface area contributed by atoms with Crippen LogP contribution < -0.4 is 14.8 Å².